The molecule has 0 aliphatic carbocycles. The number of carbonyl (C=O) groups is 2. The molecule has 3 rings (SSSR count). The number of hydrogen-bond donors (Lipinski definition) is 2. The minimum Gasteiger partial charge on any atom is -0.337 e. The normalized spacial score (nSPS) is 17.5. The number of hydrogen-bond acceptors (Lipinski definition) is 4. The summed E-state index contributed by atoms with van der Waals surface area (Å²) in [6.45, 7) is 1.45. The number of carbonyl (C=O) groups excluding carboxylic acids is 2. The van der Waals surface area contributed by atoms with E-state index in [2.05, 4.69) is 10.6 Å². The SMILES string of the molecule is CNC1CCCN(C(=O)c2ccccc2NC(=O)c2cccs2)C1. The molecule has 0 saturated carbocycles. The molecule has 2 aromatic rings. The van der Waals surface area contributed by atoms with E-state index in [9.17, 15) is 9.59 Å². The smallest absolute Gasteiger partial charge is 0.265 e. The van der Waals surface area contributed by atoms with Gasteiger partial charge in [0.15, 0.2) is 0 Å². The van der Waals surface area contributed by atoms with Gasteiger partial charge >= 0.3 is 0 Å². The number of piperidine rings is 1. The third kappa shape index (κ3) is 3.66. The van der Waals surface area contributed by atoms with Gasteiger partial charge in [-0.2, -0.15) is 0 Å². The zero-order chi connectivity index (χ0) is 16.9. The van der Waals surface area contributed by atoms with Crippen molar-refractivity contribution in [2.75, 3.05) is 25.5 Å². The Balaban J connectivity index is 1.78. The highest BCUT2D eigenvalue weighted by molar-refractivity contribution is 7.12. The maximum absolute atomic E-state index is 12.9. The van der Waals surface area contributed by atoms with Crippen molar-refractivity contribution >= 4 is 28.8 Å². The lowest BCUT2D eigenvalue weighted by Gasteiger charge is -2.33. The van der Waals surface area contributed by atoms with Gasteiger partial charge in [0.1, 0.15) is 0 Å². The highest BCUT2D eigenvalue weighted by Gasteiger charge is 2.25. The summed E-state index contributed by atoms with van der Waals surface area (Å²) in [6.07, 6.45) is 2.07. The number of likely N-dealkylation sites (tertiary alicyclic amines) is 1. The fourth-order valence-corrected chi connectivity index (χ4v) is 3.56. The number of nitrogens with zero attached hydrogens (tertiary/aromatic N) is 1. The van der Waals surface area contributed by atoms with Gasteiger partial charge < -0.3 is 15.5 Å². The summed E-state index contributed by atoms with van der Waals surface area (Å²) in [4.78, 5) is 27.7. The molecule has 6 heteroatoms. The quantitative estimate of drug-likeness (QED) is 0.897. The largest absolute Gasteiger partial charge is 0.337 e. The zero-order valence-electron chi connectivity index (χ0n) is 13.6. The number of amides is 2. The van der Waals surface area contributed by atoms with Crippen LogP contribution in [0.15, 0.2) is 41.8 Å². The molecule has 126 valence electrons. The van der Waals surface area contributed by atoms with Crippen LogP contribution in [0.2, 0.25) is 0 Å². The summed E-state index contributed by atoms with van der Waals surface area (Å²) in [5, 5.41) is 7.97. The molecule has 0 spiro atoms. The van der Waals surface area contributed by atoms with Gasteiger partial charge in [-0.15, -0.1) is 11.3 Å². The molecule has 1 fully saturated rings. The summed E-state index contributed by atoms with van der Waals surface area (Å²) >= 11 is 1.38. The molecule has 1 aromatic heterocycles. The van der Waals surface area contributed by atoms with Crippen LogP contribution in [0.4, 0.5) is 5.69 Å². The van der Waals surface area contributed by atoms with Gasteiger partial charge in [0.25, 0.3) is 11.8 Å². The summed E-state index contributed by atoms with van der Waals surface area (Å²) in [5.41, 5.74) is 1.10. The average Bonchev–Trinajstić information content (AvgIpc) is 3.16. The lowest BCUT2D eigenvalue weighted by Crippen LogP contribution is -2.47. The van der Waals surface area contributed by atoms with Crippen LogP contribution in [0.5, 0.6) is 0 Å². The first-order valence-electron chi connectivity index (χ1n) is 8.09. The van der Waals surface area contributed by atoms with Crippen molar-refractivity contribution in [1.29, 1.82) is 0 Å². The molecule has 1 aliphatic rings. The van der Waals surface area contributed by atoms with Gasteiger partial charge in [-0.25, -0.2) is 0 Å². The van der Waals surface area contributed by atoms with Crippen molar-refractivity contribution in [3.63, 3.8) is 0 Å². The van der Waals surface area contributed by atoms with Crippen LogP contribution in [0, 0.1) is 0 Å². The molecule has 2 N–H and O–H groups in total. The third-order valence-corrected chi connectivity index (χ3v) is 5.14. The molecule has 1 aliphatic heterocycles. The van der Waals surface area contributed by atoms with Crippen LogP contribution < -0.4 is 10.6 Å². The molecule has 1 saturated heterocycles. The van der Waals surface area contributed by atoms with E-state index in [0.29, 0.717) is 28.7 Å². The van der Waals surface area contributed by atoms with Crippen molar-refractivity contribution in [2.24, 2.45) is 0 Å². The number of benzene rings is 1. The van der Waals surface area contributed by atoms with E-state index in [1.54, 1.807) is 18.2 Å². The Morgan fingerprint density at radius 2 is 2.04 bits per heavy atom. The van der Waals surface area contributed by atoms with Crippen molar-refractivity contribution in [1.82, 2.24) is 10.2 Å². The second-order valence-corrected chi connectivity index (χ2v) is 6.80. The summed E-state index contributed by atoms with van der Waals surface area (Å²) in [5.74, 6) is -0.214. The average molecular weight is 343 g/mol. The van der Waals surface area contributed by atoms with Crippen LogP contribution >= 0.6 is 11.3 Å². The van der Waals surface area contributed by atoms with Gasteiger partial charge in [0, 0.05) is 19.1 Å². The minimum absolute atomic E-state index is 0.0305. The Hall–Kier alpha value is -2.18. The van der Waals surface area contributed by atoms with Gasteiger partial charge in [-0.1, -0.05) is 18.2 Å². The Labute approximate surface area is 145 Å². The Morgan fingerprint density at radius 3 is 2.79 bits per heavy atom. The van der Waals surface area contributed by atoms with Crippen LogP contribution in [-0.2, 0) is 0 Å². The van der Waals surface area contributed by atoms with Gasteiger partial charge in [-0.3, -0.25) is 9.59 Å². The first-order valence-corrected chi connectivity index (χ1v) is 8.97. The predicted molar refractivity (Wildman–Crippen MR) is 96.7 cm³/mol. The maximum atomic E-state index is 12.9. The Bertz CT molecular complexity index is 715. The van der Waals surface area contributed by atoms with Gasteiger partial charge in [0.2, 0.25) is 0 Å². The molecule has 2 amide bonds. The zero-order valence-corrected chi connectivity index (χ0v) is 14.4. The van der Waals surface area contributed by atoms with E-state index in [0.717, 1.165) is 19.4 Å². The number of likely N-dealkylation sites (N-methyl/N-ethyl adjacent to an activating group) is 1. The summed E-state index contributed by atoms with van der Waals surface area (Å²) in [7, 11) is 1.92. The van der Waals surface area contributed by atoms with Crippen LogP contribution in [0.25, 0.3) is 0 Å². The molecule has 1 unspecified atom stereocenters. The third-order valence-electron chi connectivity index (χ3n) is 4.27. The molecule has 2 heterocycles. The highest BCUT2D eigenvalue weighted by Crippen LogP contribution is 2.21. The van der Waals surface area contributed by atoms with E-state index < -0.39 is 0 Å². The first kappa shape index (κ1) is 16.7. The summed E-state index contributed by atoms with van der Waals surface area (Å²) in [6, 6.07) is 11.1. The topological polar surface area (TPSA) is 61.4 Å². The van der Waals surface area contributed by atoms with E-state index in [4.69, 9.17) is 0 Å². The van der Waals surface area contributed by atoms with Crippen LogP contribution in [0.1, 0.15) is 32.9 Å². The lowest BCUT2D eigenvalue weighted by atomic mass is 10.0. The standard InChI is InChI=1S/C18H21N3O2S/c1-19-13-6-4-10-21(12-13)18(23)14-7-2-3-8-15(14)20-17(22)16-9-5-11-24-16/h2-3,5,7-9,11,13,19H,4,6,10,12H2,1H3,(H,20,22). The Morgan fingerprint density at radius 1 is 1.21 bits per heavy atom. The monoisotopic (exact) mass is 343 g/mol. The lowest BCUT2D eigenvalue weighted by molar-refractivity contribution is 0.0699. The number of anilines is 1. The number of nitrogens with one attached hydrogen (secondary N) is 2. The van der Waals surface area contributed by atoms with Crippen LogP contribution in [-0.4, -0.2) is 42.9 Å². The van der Waals surface area contributed by atoms with Crippen molar-refractivity contribution in [3.8, 4) is 0 Å². The minimum atomic E-state index is -0.183. The van der Waals surface area contributed by atoms with Gasteiger partial charge in [-0.05, 0) is 43.5 Å². The molecule has 1 aromatic carbocycles. The molecule has 0 bridgehead atoms. The fourth-order valence-electron chi connectivity index (χ4n) is 2.94. The maximum Gasteiger partial charge on any atom is 0.265 e. The van der Waals surface area contributed by atoms with Crippen molar-refractivity contribution in [2.45, 2.75) is 18.9 Å². The number of rotatable bonds is 4. The molecule has 24 heavy (non-hydrogen) atoms. The molecular weight excluding hydrogens is 322 g/mol. The highest BCUT2D eigenvalue weighted by atomic mass is 32.1. The first-order chi connectivity index (χ1) is 11.7. The second-order valence-electron chi connectivity index (χ2n) is 5.86. The fraction of sp³-hybridized carbons (Fsp3) is 0.333. The van der Waals surface area contributed by atoms with E-state index in [1.165, 1.54) is 11.3 Å². The van der Waals surface area contributed by atoms with Crippen LogP contribution in [0.3, 0.4) is 0 Å². The molecular formula is C18H21N3O2S. The summed E-state index contributed by atoms with van der Waals surface area (Å²) < 4.78 is 0. The number of thiophene rings is 1. The Kier molecular flexibility index (Phi) is 5.27. The van der Waals surface area contributed by atoms with Crippen molar-refractivity contribution < 1.29 is 9.59 Å². The van der Waals surface area contributed by atoms with Gasteiger partial charge in [0.05, 0.1) is 16.1 Å². The number of para-hydroxylation sites is 1. The predicted octanol–water partition coefficient (Wildman–Crippen LogP) is 2.82. The van der Waals surface area contributed by atoms with Crippen molar-refractivity contribution in [3.05, 3.63) is 52.2 Å². The second kappa shape index (κ2) is 7.59. The van der Waals surface area contributed by atoms with E-state index >= 15 is 0 Å². The van der Waals surface area contributed by atoms with E-state index in [1.807, 2.05) is 35.5 Å². The molecule has 5 nitrogen and oxygen atoms in total. The molecule has 0 radical (unpaired) electrons. The molecule has 1 atom stereocenters. The van der Waals surface area contributed by atoms with E-state index in [-0.39, 0.29) is 11.8 Å².